The minimum atomic E-state index is -0.811. The summed E-state index contributed by atoms with van der Waals surface area (Å²) in [4.78, 5) is 50.6. The zero-order valence-corrected chi connectivity index (χ0v) is 14.3. The van der Waals surface area contributed by atoms with Crippen molar-refractivity contribution < 1.29 is 23.9 Å². The number of imide groups is 1. The van der Waals surface area contributed by atoms with Crippen LogP contribution >= 0.6 is 0 Å². The van der Waals surface area contributed by atoms with Crippen LogP contribution in [0, 0.1) is 0 Å². The number of hydrogen-bond donors (Lipinski definition) is 0. The Labute approximate surface area is 145 Å². The first kappa shape index (κ1) is 18.4. The van der Waals surface area contributed by atoms with Gasteiger partial charge in [-0.3, -0.25) is 24.1 Å². The fraction of sp³-hybridized carbons (Fsp3) is 0.333. The number of carbonyl (C=O) groups excluding carboxylic acids is 4. The van der Waals surface area contributed by atoms with Gasteiger partial charge >= 0.3 is 5.97 Å². The second-order valence-electron chi connectivity index (χ2n) is 5.77. The van der Waals surface area contributed by atoms with Crippen LogP contribution in [0.25, 0.3) is 0 Å². The van der Waals surface area contributed by atoms with Crippen molar-refractivity contribution in [2.75, 3.05) is 26.2 Å². The Balaban J connectivity index is 1.91. The molecule has 7 heteroatoms. The van der Waals surface area contributed by atoms with Crippen LogP contribution in [-0.4, -0.2) is 59.7 Å². The van der Waals surface area contributed by atoms with Gasteiger partial charge in [0.05, 0.1) is 11.1 Å². The molecule has 0 spiro atoms. The van der Waals surface area contributed by atoms with Crippen LogP contribution in [0.5, 0.6) is 0 Å². The predicted molar refractivity (Wildman–Crippen MR) is 89.8 cm³/mol. The van der Waals surface area contributed by atoms with Crippen LogP contribution in [0.3, 0.4) is 0 Å². The smallest absolute Gasteiger partial charge is 0.326 e. The Morgan fingerprint density at radius 3 is 2.20 bits per heavy atom. The number of ether oxygens (including phenoxy) is 1. The summed E-state index contributed by atoms with van der Waals surface area (Å²) < 4.78 is 4.92. The second-order valence-corrected chi connectivity index (χ2v) is 5.77. The largest absolute Gasteiger partial charge is 0.454 e. The van der Waals surface area contributed by atoms with Crippen LogP contribution in [-0.2, 0) is 14.3 Å². The number of benzene rings is 1. The van der Waals surface area contributed by atoms with E-state index >= 15 is 0 Å². The number of hydrogen-bond acceptors (Lipinski definition) is 5. The molecule has 1 aromatic rings. The van der Waals surface area contributed by atoms with Gasteiger partial charge in [-0.25, -0.2) is 0 Å². The zero-order valence-electron chi connectivity index (χ0n) is 14.3. The van der Waals surface area contributed by atoms with Gasteiger partial charge in [0.25, 0.3) is 17.7 Å². The van der Waals surface area contributed by atoms with Gasteiger partial charge in [0.15, 0.2) is 6.61 Å². The first-order valence-corrected chi connectivity index (χ1v) is 7.88. The maximum absolute atomic E-state index is 12.2. The van der Waals surface area contributed by atoms with E-state index in [2.05, 4.69) is 6.58 Å². The molecule has 1 aromatic carbocycles. The number of amides is 3. The SMILES string of the molecule is C=C(C)CN(CC)C(=O)COC(=O)CN1C(=O)c2ccccc2C1=O. The number of carbonyl (C=O) groups is 4. The minimum absolute atomic E-state index is 0.259. The van der Waals surface area contributed by atoms with Gasteiger partial charge in [-0.15, -0.1) is 0 Å². The van der Waals surface area contributed by atoms with Crippen molar-refractivity contribution >= 4 is 23.7 Å². The van der Waals surface area contributed by atoms with E-state index in [-0.39, 0.29) is 17.0 Å². The molecular weight excluding hydrogens is 324 g/mol. The maximum Gasteiger partial charge on any atom is 0.326 e. The molecule has 132 valence electrons. The van der Waals surface area contributed by atoms with E-state index in [0.29, 0.717) is 13.1 Å². The van der Waals surface area contributed by atoms with Crippen LogP contribution in [0.1, 0.15) is 34.6 Å². The molecule has 0 unspecified atom stereocenters. The summed E-state index contributed by atoms with van der Waals surface area (Å²) in [6.45, 7) is 7.22. The van der Waals surface area contributed by atoms with E-state index in [9.17, 15) is 19.2 Å². The minimum Gasteiger partial charge on any atom is -0.454 e. The van der Waals surface area contributed by atoms with E-state index in [0.717, 1.165) is 10.5 Å². The van der Waals surface area contributed by atoms with Gasteiger partial charge in [0.1, 0.15) is 6.54 Å². The molecule has 25 heavy (non-hydrogen) atoms. The summed E-state index contributed by atoms with van der Waals surface area (Å²) in [7, 11) is 0. The van der Waals surface area contributed by atoms with E-state index in [1.807, 2.05) is 0 Å². The zero-order chi connectivity index (χ0) is 18.6. The van der Waals surface area contributed by atoms with E-state index < -0.39 is 30.9 Å². The quantitative estimate of drug-likeness (QED) is 0.422. The molecule has 0 aliphatic carbocycles. The number of likely N-dealkylation sites (N-methyl/N-ethyl adjacent to an activating group) is 1. The van der Waals surface area contributed by atoms with Crippen LogP contribution in [0.4, 0.5) is 0 Å². The van der Waals surface area contributed by atoms with Crippen molar-refractivity contribution in [2.24, 2.45) is 0 Å². The molecule has 0 N–H and O–H groups in total. The van der Waals surface area contributed by atoms with Crippen molar-refractivity contribution in [1.82, 2.24) is 9.80 Å². The van der Waals surface area contributed by atoms with Gasteiger partial charge in [-0.05, 0) is 26.0 Å². The molecule has 0 bridgehead atoms. The van der Waals surface area contributed by atoms with Crippen molar-refractivity contribution in [3.63, 3.8) is 0 Å². The first-order valence-electron chi connectivity index (χ1n) is 7.88. The summed E-state index contributed by atoms with van der Waals surface area (Å²) in [6.07, 6.45) is 0. The van der Waals surface area contributed by atoms with Gasteiger partial charge in [0.2, 0.25) is 0 Å². The normalized spacial score (nSPS) is 12.8. The van der Waals surface area contributed by atoms with E-state index in [1.54, 1.807) is 26.0 Å². The highest BCUT2D eigenvalue weighted by Crippen LogP contribution is 2.22. The molecule has 1 heterocycles. The number of esters is 1. The van der Waals surface area contributed by atoms with Crippen molar-refractivity contribution in [1.29, 1.82) is 0 Å². The molecule has 0 saturated carbocycles. The van der Waals surface area contributed by atoms with Crippen molar-refractivity contribution in [3.8, 4) is 0 Å². The summed E-state index contributed by atoms with van der Waals surface area (Å²) in [5.41, 5.74) is 1.33. The number of rotatable bonds is 7. The molecule has 7 nitrogen and oxygen atoms in total. The van der Waals surface area contributed by atoms with Gasteiger partial charge in [0, 0.05) is 13.1 Å². The standard InChI is InChI=1S/C18H20N2O5/c1-4-19(9-12(2)3)15(21)11-25-16(22)10-20-17(23)13-7-5-6-8-14(13)18(20)24/h5-8H,2,4,9-11H2,1,3H3. The monoisotopic (exact) mass is 344 g/mol. The molecular formula is C18H20N2O5. The molecule has 0 aromatic heterocycles. The molecule has 1 aliphatic heterocycles. The van der Waals surface area contributed by atoms with Gasteiger partial charge in [-0.1, -0.05) is 24.3 Å². The highest BCUT2D eigenvalue weighted by atomic mass is 16.5. The van der Waals surface area contributed by atoms with Crippen LogP contribution in [0.2, 0.25) is 0 Å². The molecule has 1 aliphatic rings. The first-order chi connectivity index (χ1) is 11.8. The summed E-state index contributed by atoms with van der Waals surface area (Å²) in [5, 5.41) is 0. The fourth-order valence-electron chi connectivity index (χ4n) is 2.49. The second kappa shape index (κ2) is 7.74. The Hall–Kier alpha value is -2.96. The van der Waals surface area contributed by atoms with Crippen molar-refractivity contribution in [2.45, 2.75) is 13.8 Å². The summed E-state index contributed by atoms with van der Waals surface area (Å²) in [5.74, 6) is -2.25. The molecule has 2 rings (SSSR count). The lowest BCUT2D eigenvalue weighted by Gasteiger charge is -2.21. The Bertz CT molecular complexity index is 706. The fourth-order valence-corrected chi connectivity index (χ4v) is 2.49. The highest BCUT2D eigenvalue weighted by Gasteiger charge is 2.36. The lowest BCUT2D eigenvalue weighted by molar-refractivity contribution is -0.151. The average Bonchev–Trinajstić information content (AvgIpc) is 2.82. The molecule has 0 saturated heterocycles. The third-order valence-corrected chi connectivity index (χ3v) is 3.72. The predicted octanol–water partition coefficient (Wildman–Crippen LogP) is 1.25. The average molecular weight is 344 g/mol. The maximum atomic E-state index is 12.2. The third-order valence-electron chi connectivity index (χ3n) is 3.72. The lowest BCUT2D eigenvalue weighted by atomic mass is 10.1. The van der Waals surface area contributed by atoms with Crippen LogP contribution < -0.4 is 0 Å². The highest BCUT2D eigenvalue weighted by molar-refractivity contribution is 6.22. The molecule has 3 amide bonds. The van der Waals surface area contributed by atoms with E-state index in [4.69, 9.17) is 4.74 Å². The summed E-state index contributed by atoms with van der Waals surface area (Å²) >= 11 is 0. The Morgan fingerprint density at radius 2 is 1.72 bits per heavy atom. The lowest BCUT2D eigenvalue weighted by Crippen LogP contribution is -2.39. The topological polar surface area (TPSA) is 84.0 Å². The van der Waals surface area contributed by atoms with Crippen LogP contribution in [0.15, 0.2) is 36.4 Å². The van der Waals surface area contributed by atoms with Crippen molar-refractivity contribution in [3.05, 3.63) is 47.5 Å². The van der Waals surface area contributed by atoms with E-state index in [1.165, 1.54) is 17.0 Å². The Morgan fingerprint density at radius 1 is 1.16 bits per heavy atom. The molecule has 0 radical (unpaired) electrons. The molecule has 0 fully saturated rings. The summed E-state index contributed by atoms with van der Waals surface area (Å²) in [6, 6.07) is 6.35. The number of nitrogens with zero attached hydrogens (tertiary/aromatic N) is 2. The third kappa shape index (κ3) is 4.12. The van der Waals surface area contributed by atoms with Gasteiger partial charge < -0.3 is 9.64 Å². The van der Waals surface area contributed by atoms with Gasteiger partial charge in [-0.2, -0.15) is 0 Å². The number of fused-ring (bicyclic) bond motifs is 1. The Kier molecular flexibility index (Phi) is 5.69. The molecule has 0 atom stereocenters.